The minimum atomic E-state index is -1.00. The Bertz CT molecular complexity index is 893. The number of esters is 1. The standard InChI is InChI=1S/C23H27NO6/c1-5-9-17-12-13-20(21(14-17)27-4)29-15-22(25)30-16(3)23(26)24-18-10-7-8-11-19(18)28-6-2/h5,7-14,16H,6,15H2,1-4H3,(H,24,26)/b9-5+/t16-/m1/s1. The minimum absolute atomic E-state index is 0.355. The molecule has 0 aliphatic heterocycles. The van der Waals surface area contributed by atoms with Gasteiger partial charge in [-0.3, -0.25) is 4.79 Å². The molecule has 1 N–H and O–H groups in total. The Kier molecular flexibility index (Phi) is 8.75. The highest BCUT2D eigenvalue weighted by Crippen LogP contribution is 2.28. The zero-order chi connectivity index (χ0) is 21.9. The molecular weight excluding hydrogens is 386 g/mol. The van der Waals surface area contributed by atoms with Gasteiger partial charge in [0, 0.05) is 0 Å². The number of hydrogen-bond donors (Lipinski definition) is 1. The lowest BCUT2D eigenvalue weighted by molar-refractivity contribution is -0.155. The molecule has 0 saturated carbocycles. The number of carbonyl (C=O) groups excluding carboxylic acids is 2. The van der Waals surface area contributed by atoms with Crippen LogP contribution in [0.4, 0.5) is 5.69 Å². The Labute approximate surface area is 176 Å². The third-order valence-corrected chi connectivity index (χ3v) is 4.01. The van der Waals surface area contributed by atoms with Crippen LogP contribution >= 0.6 is 0 Å². The Morgan fingerprint density at radius 2 is 1.83 bits per heavy atom. The molecule has 0 aliphatic rings. The molecule has 0 aliphatic carbocycles. The third-order valence-electron chi connectivity index (χ3n) is 4.01. The van der Waals surface area contributed by atoms with Gasteiger partial charge >= 0.3 is 5.97 Å². The number of carbonyl (C=O) groups is 2. The van der Waals surface area contributed by atoms with Crippen LogP contribution < -0.4 is 19.5 Å². The Morgan fingerprint density at radius 1 is 1.07 bits per heavy atom. The van der Waals surface area contributed by atoms with E-state index in [2.05, 4.69) is 5.32 Å². The van der Waals surface area contributed by atoms with Crippen molar-refractivity contribution in [1.82, 2.24) is 0 Å². The number of benzene rings is 2. The summed E-state index contributed by atoms with van der Waals surface area (Å²) in [4.78, 5) is 24.5. The zero-order valence-corrected chi connectivity index (χ0v) is 17.6. The average molecular weight is 413 g/mol. The molecule has 0 radical (unpaired) electrons. The van der Waals surface area contributed by atoms with E-state index in [1.54, 1.807) is 36.4 Å². The van der Waals surface area contributed by atoms with E-state index in [4.69, 9.17) is 18.9 Å². The van der Waals surface area contributed by atoms with Crippen molar-refractivity contribution >= 4 is 23.6 Å². The van der Waals surface area contributed by atoms with Crippen molar-refractivity contribution in [2.45, 2.75) is 26.9 Å². The first-order chi connectivity index (χ1) is 14.5. The summed E-state index contributed by atoms with van der Waals surface area (Å²) in [5.41, 5.74) is 1.45. The molecule has 0 unspecified atom stereocenters. The van der Waals surface area contributed by atoms with Crippen LogP contribution in [0, 0.1) is 0 Å². The third kappa shape index (κ3) is 6.55. The molecule has 1 amide bonds. The molecule has 0 heterocycles. The molecule has 30 heavy (non-hydrogen) atoms. The summed E-state index contributed by atoms with van der Waals surface area (Å²) in [5, 5.41) is 2.70. The molecule has 7 nitrogen and oxygen atoms in total. The van der Waals surface area contributed by atoms with Gasteiger partial charge in [-0.25, -0.2) is 4.79 Å². The first-order valence-corrected chi connectivity index (χ1v) is 9.64. The van der Waals surface area contributed by atoms with Crippen LogP contribution in [0.2, 0.25) is 0 Å². The fourth-order valence-corrected chi connectivity index (χ4v) is 2.61. The smallest absolute Gasteiger partial charge is 0.344 e. The van der Waals surface area contributed by atoms with Crippen LogP contribution in [0.3, 0.4) is 0 Å². The number of hydrogen-bond acceptors (Lipinski definition) is 6. The van der Waals surface area contributed by atoms with E-state index in [1.165, 1.54) is 14.0 Å². The van der Waals surface area contributed by atoms with E-state index in [0.717, 1.165) is 5.56 Å². The van der Waals surface area contributed by atoms with Crippen LogP contribution in [0.25, 0.3) is 6.08 Å². The van der Waals surface area contributed by atoms with E-state index >= 15 is 0 Å². The van der Waals surface area contributed by atoms with Gasteiger partial charge in [0.05, 0.1) is 19.4 Å². The second-order valence-corrected chi connectivity index (χ2v) is 6.25. The quantitative estimate of drug-likeness (QED) is 0.591. The molecule has 0 bridgehead atoms. The molecule has 0 saturated heterocycles. The first kappa shape index (κ1) is 22.8. The van der Waals surface area contributed by atoms with Gasteiger partial charge in [-0.2, -0.15) is 0 Å². The van der Waals surface area contributed by atoms with E-state index < -0.39 is 18.0 Å². The maximum Gasteiger partial charge on any atom is 0.344 e. The molecule has 0 spiro atoms. The number of allylic oxidation sites excluding steroid dienone is 1. The van der Waals surface area contributed by atoms with E-state index in [0.29, 0.717) is 29.5 Å². The molecule has 2 aromatic carbocycles. The summed E-state index contributed by atoms with van der Waals surface area (Å²) in [6.07, 6.45) is 2.82. The Morgan fingerprint density at radius 3 is 2.53 bits per heavy atom. The first-order valence-electron chi connectivity index (χ1n) is 9.64. The van der Waals surface area contributed by atoms with Crippen molar-refractivity contribution in [2.75, 3.05) is 25.6 Å². The summed E-state index contributed by atoms with van der Waals surface area (Å²) in [7, 11) is 1.52. The predicted molar refractivity (Wildman–Crippen MR) is 115 cm³/mol. The summed E-state index contributed by atoms with van der Waals surface area (Å²) in [5.74, 6) is 0.310. The van der Waals surface area contributed by atoms with Gasteiger partial charge in [0.25, 0.3) is 5.91 Å². The molecule has 0 aromatic heterocycles. The number of nitrogens with one attached hydrogen (secondary N) is 1. The lowest BCUT2D eigenvalue weighted by atomic mass is 10.2. The van der Waals surface area contributed by atoms with E-state index in [9.17, 15) is 9.59 Å². The van der Waals surface area contributed by atoms with E-state index in [1.807, 2.05) is 32.1 Å². The van der Waals surface area contributed by atoms with Crippen LogP contribution in [0.1, 0.15) is 26.3 Å². The Balaban J connectivity index is 1.91. The van der Waals surface area contributed by atoms with E-state index in [-0.39, 0.29) is 6.61 Å². The van der Waals surface area contributed by atoms with Gasteiger partial charge in [-0.15, -0.1) is 0 Å². The fourth-order valence-electron chi connectivity index (χ4n) is 2.61. The highest BCUT2D eigenvalue weighted by molar-refractivity contribution is 5.96. The number of ether oxygens (including phenoxy) is 4. The monoisotopic (exact) mass is 413 g/mol. The lowest BCUT2D eigenvalue weighted by Gasteiger charge is -2.16. The van der Waals surface area contributed by atoms with Crippen molar-refractivity contribution in [3.05, 3.63) is 54.1 Å². The normalized spacial score (nSPS) is 11.6. The van der Waals surface area contributed by atoms with Crippen molar-refractivity contribution in [2.24, 2.45) is 0 Å². The van der Waals surface area contributed by atoms with Crippen molar-refractivity contribution in [3.8, 4) is 17.2 Å². The fraction of sp³-hybridized carbons (Fsp3) is 0.304. The molecule has 1 atom stereocenters. The second-order valence-electron chi connectivity index (χ2n) is 6.25. The molecule has 2 aromatic rings. The molecule has 7 heteroatoms. The number of para-hydroxylation sites is 2. The van der Waals surface area contributed by atoms with Crippen molar-refractivity contribution < 1.29 is 28.5 Å². The number of anilines is 1. The second kappa shape index (κ2) is 11.5. The Hall–Kier alpha value is -3.48. The van der Waals surface area contributed by atoms with Gasteiger partial charge in [0.1, 0.15) is 5.75 Å². The summed E-state index contributed by atoms with van der Waals surface area (Å²) >= 11 is 0. The van der Waals surface area contributed by atoms with Crippen LogP contribution in [0.15, 0.2) is 48.5 Å². The van der Waals surface area contributed by atoms with Gasteiger partial charge < -0.3 is 24.3 Å². The summed E-state index contributed by atoms with van der Waals surface area (Å²) < 4.78 is 21.4. The highest BCUT2D eigenvalue weighted by atomic mass is 16.6. The maximum atomic E-state index is 12.4. The average Bonchev–Trinajstić information content (AvgIpc) is 2.74. The van der Waals surface area contributed by atoms with Gasteiger partial charge in [-0.1, -0.05) is 30.4 Å². The summed E-state index contributed by atoms with van der Waals surface area (Å²) in [6, 6.07) is 12.4. The van der Waals surface area contributed by atoms with Crippen molar-refractivity contribution in [3.63, 3.8) is 0 Å². The van der Waals surface area contributed by atoms with Gasteiger partial charge in [-0.05, 0) is 50.6 Å². The van der Waals surface area contributed by atoms with Crippen molar-refractivity contribution in [1.29, 1.82) is 0 Å². The molecule has 0 fully saturated rings. The van der Waals surface area contributed by atoms with Crippen LogP contribution in [0.5, 0.6) is 17.2 Å². The molecule has 160 valence electrons. The largest absolute Gasteiger partial charge is 0.493 e. The SMILES string of the molecule is C/C=C/c1ccc(OCC(=O)O[C@H](C)C(=O)Nc2ccccc2OCC)c(OC)c1. The summed E-state index contributed by atoms with van der Waals surface area (Å²) in [6.45, 7) is 5.37. The van der Waals surface area contributed by atoms with Crippen LogP contribution in [-0.4, -0.2) is 38.3 Å². The number of rotatable bonds is 10. The number of amides is 1. The highest BCUT2D eigenvalue weighted by Gasteiger charge is 2.20. The molecule has 2 rings (SSSR count). The number of methoxy groups -OCH3 is 1. The van der Waals surface area contributed by atoms with Gasteiger partial charge in [0.2, 0.25) is 0 Å². The maximum absolute atomic E-state index is 12.4. The topological polar surface area (TPSA) is 83.1 Å². The van der Waals surface area contributed by atoms with Gasteiger partial charge in [0.15, 0.2) is 24.2 Å². The predicted octanol–water partition coefficient (Wildman–Crippen LogP) is 4.08. The zero-order valence-electron chi connectivity index (χ0n) is 17.6. The lowest BCUT2D eigenvalue weighted by Crippen LogP contribution is -2.31. The minimum Gasteiger partial charge on any atom is -0.493 e. The molecular formula is C23H27NO6. The van der Waals surface area contributed by atoms with Crippen LogP contribution in [-0.2, 0) is 14.3 Å².